The lowest BCUT2D eigenvalue weighted by Gasteiger charge is -2.38. The monoisotopic (exact) mass is 350 g/mol. The van der Waals surface area contributed by atoms with Gasteiger partial charge in [-0.1, -0.05) is 20.3 Å². The average Bonchev–Trinajstić information content (AvgIpc) is 2.61. The fourth-order valence-electron chi connectivity index (χ4n) is 3.22. The Bertz CT molecular complexity index is 535. The molecule has 0 spiro atoms. The molecule has 1 aromatic heterocycles. The van der Waals surface area contributed by atoms with E-state index in [1.165, 1.54) is 0 Å². The van der Waals surface area contributed by atoms with Crippen LogP contribution in [0.4, 0.5) is 5.69 Å². The summed E-state index contributed by atoms with van der Waals surface area (Å²) in [4.78, 5) is 17.1. The Balaban J connectivity index is 1.99. The second-order valence-corrected chi connectivity index (χ2v) is 6.72. The van der Waals surface area contributed by atoms with Crippen LogP contribution in [0.1, 0.15) is 46.0 Å². The summed E-state index contributed by atoms with van der Waals surface area (Å²) in [6, 6.07) is 3.54. The second kappa shape index (κ2) is 9.73. The molecule has 1 aliphatic rings. The summed E-state index contributed by atoms with van der Waals surface area (Å²) in [6.45, 7) is 5.80. The normalized spacial score (nSPS) is 23.2. The van der Waals surface area contributed by atoms with Crippen molar-refractivity contribution in [3.63, 3.8) is 0 Å². The minimum absolute atomic E-state index is 0.0673. The first-order valence-corrected chi connectivity index (χ1v) is 9.13. The molecule has 0 aliphatic heterocycles. The van der Waals surface area contributed by atoms with Crippen LogP contribution in [0.25, 0.3) is 0 Å². The van der Waals surface area contributed by atoms with Crippen LogP contribution in [0, 0.1) is 5.92 Å². The van der Waals surface area contributed by atoms with E-state index < -0.39 is 5.60 Å². The van der Waals surface area contributed by atoms with E-state index in [0.29, 0.717) is 37.3 Å². The number of pyridine rings is 1. The van der Waals surface area contributed by atoms with E-state index in [9.17, 15) is 4.79 Å². The SMILES string of the molecule is CCCOC1(C(=O)Nc2ccc(OCCOC)nc2)CCCC(C)C1. The molecule has 6 nitrogen and oxygen atoms in total. The maximum Gasteiger partial charge on any atom is 0.256 e. The van der Waals surface area contributed by atoms with Crippen LogP contribution in [-0.4, -0.2) is 43.4 Å². The molecule has 1 saturated carbocycles. The molecule has 0 radical (unpaired) electrons. The lowest BCUT2D eigenvalue weighted by Crippen LogP contribution is -2.48. The number of carbonyl (C=O) groups excluding carboxylic acids is 1. The highest BCUT2D eigenvalue weighted by atomic mass is 16.5. The van der Waals surface area contributed by atoms with E-state index in [4.69, 9.17) is 14.2 Å². The highest BCUT2D eigenvalue weighted by Gasteiger charge is 2.42. The van der Waals surface area contributed by atoms with Crippen LogP contribution in [0.5, 0.6) is 5.88 Å². The number of ether oxygens (including phenoxy) is 3. The van der Waals surface area contributed by atoms with Crippen molar-refractivity contribution >= 4 is 11.6 Å². The number of methoxy groups -OCH3 is 1. The Kier molecular flexibility index (Phi) is 7.65. The van der Waals surface area contributed by atoms with Gasteiger partial charge in [-0.25, -0.2) is 4.98 Å². The molecule has 6 heteroatoms. The number of carbonyl (C=O) groups is 1. The lowest BCUT2D eigenvalue weighted by atomic mass is 9.78. The molecule has 2 rings (SSSR count). The van der Waals surface area contributed by atoms with Crippen LogP contribution in [0.3, 0.4) is 0 Å². The molecule has 0 bridgehead atoms. The number of anilines is 1. The summed E-state index contributed by atoms with van der Waals surface area (Å²) in [5, 5.41) is 2.97. The quantitative estimate of drug-likeness (QED) is 0.691. The van der Waals surface area contributed by atoms with Gasteiger partial charge in [-0.2, -0.15) is 0 Å². The fraction of sp³-hybridized carbons (Fsp3) is 0.684. The van der Waals surface area contributed by atoms with Gasteiger partial charge in [0.2, 0.25) is 5.88 Å². The first-order chi connectivity index (χ1) is 12.1. The minimum Gasteiger partial charge on any atom is -0.475 e. The summed E-state index contributed by atoms with van der Waals surface area (Å²) < 4.78 is 16.4. The Morgan fingerprint density at radius 1 is 1.36 bits per heavy atom. The standard InChI is InChI=1S/C19H30N2O4/c1-4-10-25-19(9-5-6-15(2)13-19)18(22)21-16-7-8-17(20-14-16)24-12-11-23-3/h7-8,14-15H,4-6,9-13H2,1-3H3,(H,21,22). The van der Waals surface area contributed by atoms with Crippen LogP contribution in [0.15, 0.2) is 18.3 Å². The molecule has 0 saturated heterocycles. The number of aromatic nitrogens is 1. The van der Waals surface area contributed by atoms with Gasteiger partial charge in [0.15, 0.2) is 0 Å². The van der Waals surface area contributed by atoms with Crippen molar-refractivity contribution in [3.8, 4) is 5.88 Å². The third kappa shape index (κ3) is 5.68. The number of nitrogens with one attached hydrogen (secondary N) is 1. The number of hydrogen-bond acceptors (Lipinski definition) is 5. The average molecular weight is 350 g/mol. The van der Waals surface area contributed by atoms with Crippen molar-refractivity contribution in [1.82, 2.24) is 4.98 Å². The Morgan fingerprint density at radius 3 is 2.84 bits per heavy atom. The van der Waals surface area contributed by atoms with E-state index in [1.807, 2.05) is 0 Å². The van der Waals surface area contributed by atoms with E-state index in [0.717, 1.165) is 32.1 Å². The highest BCUT2D eigenvalue weighted by Crippen LogP contribution is 2.36. The summed E-state index contributed by atoms with van der Waals surface area (Å²) >= 11 is 0. The topological polar surface area (TPSA) is 69.7 Å². The summed E-state index contributed by atoms with van der Waals surface area (Å²) in [5.74, 6) is 0.937. The van der Waals surface area contributed by atoms with Crippen LogP contribution in [0.2, 0.25) is 0 Å². The molecule has 1 heterocycles. The zero-order valence-corrected chi connectivity index (χ0v) is 15.5. The largest absolute Gasteiger partial charge is 0.475 e. The first kappa shape index (κ1) is 19.7. The summed E-state index contributed by atoms with van der Waals surface area (Å²) in [7, 11) is 1.62. The van der Waals surface area contributed by atoms with Gasteiger partial charge in [0.05, 0.1) is 18.5 Å². The second-order valence-electron chi connectivity index (χ2n) is 6.72. The van der Waals surface area contributed by atoms with Crippen molar-refractivity contribution in [2.24, 2.45) is 5.92 Å². The summed E-state index contributed by atoms with van der Waals surface area (Å²) in [6.07, 6.45) is 6.22. The third-order valence-electron chi connectivity index (χ3n) is 4.48. The number of nitrogens with zero attached hydrogens (tertiary/aromatic N) is 1. The van der Waals surface area contributed by atoms with Crippen molar-refractivity contribution in [2.75, 3.05) is 32.2 Å². The molecule has 140 valence electrons. The van der Waals surface area contributed by atoms with Crippen LogP contribution in [-0.2, 0) is 14.3 Å². The van der Waals surface area contributed by atoms with Gasteiger partial charge in [-0.3, -0.25) is 4.79 Å². The maximum atomic E-state index is 12.9. The van der Waals surface area contributed by atoms with Gasteiger partial charge in [0.1, 0.15) is 12.2 Å². The minimum atomic E-state index is -0.721. The molecule has 1 N–H and O–H groups in total. The van der Waals surface area contributed by atoms with Gasteiger partial charge < -0.3 is 19.5 Å². The van der Waals surface area contributed by atoms with Crippen molar-refractivity contribution < 1.29 is 19.0 Å². The molecule has 1 aromatic rings. The number of rotatable bonds is 9. The molecule has 1 aliphatic carbocycles. The van der Waals surface area contributed by atoms with Crippen molar-refractivity contribution in [1.29, 1.82) is 0 Å². The van der Waals surface area contributed by atoms with Gasteiger partial charge >= 0.3 is 0 Å². The third-order valence-corrected chi connectivity index (χ3v) is 4.48. The zero-order valence-electron chi connectivity index (χ0n) is 15.5. The van der Waals surface area contributed by atoms with E-state index in [-0.39, 0.29) is 5.91 Å². The highest BCUT2D eigenvalue weighted by molar-refractivity contribution is 5.97. The summed E-state index contributed by atoms with van der Waals surface area (Å²) in [5.41, 5.74) is -0.0665. The number of amides is 1. The van der Waals surface area contributed by atoms with Crippen LogP contribution < -0.4 is 10.1 Å². The van der Waals surface area contributed by atoms with Crippen molar-refractivity contribution in [3.05, 3.63) is 18.3 Å². The van der Waals surface area contributed by atoms with Gasteiger partial charge in [-0.15, -0.1) is 0 Å². The van der Waals surface area contributed by atoms with Crippen molar-refractivity contribution in [2.45, 2.75) is 51.6 Å². The van der Waals surface area contributed by atoms with Gasteiger partial charge in [-0.05, 0) is 37.7 Å². The fourth-order valence-corrected chi connectivity index (χ4v) is 3.22. The van der Waals surface area contributed by atoms with E-state index >= 15 is 0 Å². The maximum absolute atomic E-state index is 12.9. The Hall–Kier alpha value is -1.66. The predicted molar refractivity (Wildman–Crippen MR) is 96.8 cm³/mol. The lowest BCUT2D eigenvalue weighted by molar-refractivity contribution is -0.148. The molecule has 1 amide bonds. The molecule has 2 unspecified atom stereocenters. The predicted octanol–water partition coefficient (Wildman–Crippen LogP) is 3.42. The zero-order chi connectivity index (χ0) is 18.1. The number of hydrogen-bond donors (Lipinski definition) is 1. The molecule has 0 aromatic carbocycles. The van der Waals surface area contributed by atoms with Crippen LogP contribution >= 0.6 is 0 Å². The smallest absolute Gasteiger partial charge is 0.256 e. The Labute approximate surface area is 150 Å². The molecule has 1 fully saturated rings. The molecule has 25 heavy (non-hydrogen) atoms. The molecular weight excluding hydrogens is 320 g/mol. The molecule has 2 atom stereocenters. The van der Waals surface area contributed by atoms with Gasteiger partial charge in [0.25, 0.3) is 5.91 Å². The Morgan fingerprint density at radius 2 is 2.20 bits per heavy atom. The van der Waals surface area contributed by atoms with E-state index in [1.54, 1.807) is 25.4 Å². The molecular formula is C19H30N2O4. The van der Waals surface area contributed by atoms with Gasteiger partial charge in [0, 0.05) is 19.8 Å². The first-order valence-electron chi connectivity index (χ1n) is 9.13. The van der Waals surface area contributed by atoms with E-state index in [2.05, 4.69) is 24.1 Å².